The predicted octanol–water partition coefficient (Wildman–Crippen LogP) is -3.04. The highest BCUT2D eigenvalue weighted by molar-refractivity contribution is 5.94. The summed E-state index contributed by atoms with van der Waals surface area (Å²) in [4.78, 5) is 65.3. The van der Waals surface area contributed by atoms with Gasteiger partial charge < -0.3 is 49.7 Å². The third kappa shape index (κ3) is 14.6. The van der Waals surface area contributed by atoms with Gasteiger partial charge in [0.1, 0.15) is 18.1 Å². The second-order valence-corrected chi connectivity index (χ2v) is 9.03. The number of hydrogen-bond acceptors (Lipinski definition) is 8. The van der Waals surface area contributed by atoms with E-state index in [1.165, 1.54) is 0 Å². The van der Waals surface area contributed by atoms with Gasteiger partial charge in [0.2, 0.25) is 23.6 Å². The number of carboxylic acids is 1. The second kappa shape index (κ2) is 17.9. The number of nitrogens with two attached hydrogens (primary N) is 5. The number of amides is 4. The summed E-state index contributed by atoms with van der Waals surface area (Å²) >= 11 is 0. The normalized spacial score (nSPS) is 14.1. The molecule has 4 atom stereocenters. The molecule has 4 amide bonds. The van der Waals surface area contributed by atoms with Crippen molar-refractivity contribution >= 4 is 35.6 Å². The summed E-state index contributed by atoms with van der Waals surface area (Å²) in [5, 5.41) is 16.9. The van der Waals surface area contributed by atoms with Crippen LogP contribution in [0.15, 0.2) is 4.99 Å². The van der Waals surface area contributed by atoms with Gasteiger partial charge >= 0.3 is 5.97 Å². The number of carboxylic acid groups (broad SMARTS) is 1. The van der Waals surface area contributed by atoms with Gasteiger partial charge in [0.25, 0.3) is 0 Å². The largest absolute Gasteiger partial charge is 0.480 e. The van der Waals surface area contributed by atoms with Gasteiger partial charge in [0.05, 0.1) is 6.04 Å². The molecule has 4 unspecified atom stereocenters. The minimum Gasteiger partial charge on any atom is -0.480 e. The highest BCUT2D eigenvalue weighted by atomic mass is 16.4. The van der Waals surface area contributed by atoms with Crippen LogP contribution in [0, 0.1) is 5.92 Å². The quantitative estimate of drug-likeness (QED) is 0.0463. The first-order chi connectivity index (χ1) is 17.3. The maximum atomic E-state index is 13.1. The lowest BCUT2D eigenvalue weighted by Gasteiger charge is -2.25. The number of nitrogens with one attached hydrogen (secondary N) is 3. The first-order valence-electron chi connectivity index (χ1n) is 12.2. The first kappa shape index (κ1) is 33.5. The summed E-state index contributed by atoms with van der Waals surface area (Å²) in [7, 11) is 0. The molecule has 0 aliphatic carbocycles. The molecule has 0 aromatic rings. The fourth-order valence-electron chi connectivity index (χ4n) is 3.19. The van der Waals surface area contributed by atoms with Crippen LogP contribution in [0.2, 0.25) is 0 Å². The lowest BCUT2D eigenvalue weighted by Crippen LogP contribution is -2.57. The molecule has 0 spiro atoms. The predicted molar refractivity (Wildman–Crippen MR) is 137 cm³/mol. The minimum atomic E-state index is -1.23. The number of rotatable bonds is 19. The van der Waals surface area contributed by atoms with E-state index in [9.17, 15) is 29.1 Å². The molecule has 14 N–H and O–H groups in total. The molecular formula is C22H43N9O6. The van der Waals surface area contributed by atoms with Crippen molar-refractivity contribution in [1.29, 1.82) is 0 Å². The van der Waals surface area contributed by atoms with Crippen molar-refractivity contribution in [3.63, 3.8) is 0 Å². The fraction of sp³-hybridized carbons (Fsp3) is 0.727. The molecule has 0 aromatic carbocycles. The highest BCUT2D eigenvalue weighted by Crippen LogP contribution is 2.07. The molecule has 0 rings (SSSR count). The Labute approximate surface area is 216 Å². The Morgan fingerprint density at radius 1 is 0.784 bits per heavy atom. The van der Waals surface area contributed by atoms with Gasteiger partial charge in [-0.25, -0.2) is 4.79 Å². The van der Waals surface area contributed by atoms with Crippen molar-refractivity contribution in [1.82, 2.24) is 16.0 Å². The maximum Gasteiger partial charge on any atom is 0.326 e. The van der Waals surface area contributed by atoms with E-state index in [-0.39, 0.29) is 50.5 Å². The number of aliphatic imine (C=N–C) groups is 1. The topological polar surface area (TPSA) is 284 Å². The van der Waals surface area contributed by atoms with Crippen molar-refractivity contribution in [3.05, 3.63) is 0 Å². The monoisotopic (exact) mass is 529 g/mol. The van der Waals surface area contributed by atoms with Crippen LogP contribution in [-0.4, -0.2) is 77.9 Å². The average Bonchev–Trinajstić information content (AvgIpc) is 2.81. The van der Waals surface area contributed by atoms with E-state index in [2.05, 4.69) is 20.9 Å². The van der Waals surface area contributed by atoms with Crippen molar-refractivity contribution in [2.24, 2.45) is 39.6 Å². The van der Waals surface area contributed by atoms with Crippen LogP contribution in [0.5, 0.6) is 0 Å². The van der Waals surface area contributed by atoms with Gasteiger partial charge in [-0.05, 0) is 51.0 Å². The van der Waals surface area contributed by atoms with Gasteiger partial charge in [0.15, 0.2) is 5.96 Å². The van der Waals surface area contributed by atoms with Crippen molar-refractivity contribution in [2.45, 2.75) is 83.0 Å². The van der Waals surface area contributed by atoms with Crippen molar-refractivity contribution in [3.8, 4) is 0 Å². The van der Waals surface area contributed by atoms with E-state index in [0.29, 0.717) is 19.4 Å². The summed E-state index contributed by atoms with van der Waals surface area (Å²) in [6.45, 7) is 3.99. The molecule has 0 fully saturated rings. The number of nitrogens with zero attached hydrogens (tertiary/aromatic N) is 1. The zero-order valence-corrected chi connectivity index (χ0v) is 21.6. The standard InChI is InChI=1S/C22H43N9O6/c1-12(2)17(25)20(35)30-14(8-9-16(24)32)19(34)29-13(7-5-11-28-22(26)27)18(33)31-15(21(36)37)6-3-4-10-23/h12-15,17H,3-11,23,25H2,1-2H3,(H2,24,32)(H,29,34)(H,30,35)(H,31,33)(H,36,37)(H4,26,27,28). The van der Waals surface area contributed by atoms with Crippen LogP contribution < -0.4 is 44.6 Å². The summed E-state index contributed by atoms with van der Waals surface area (Å²) in [6, 6.07) is -4.49. The Morgan fingerprint density at radius 2 is 1.30 bits per heavy atom. The number of hydrogen-bond donors (Lipinski definition) is 9. The van der Waals surface area contributed by atoms with Gasteiger partial charge in [-0.3, -0.25) is 24.2 Å². The van der Waals surface area contributed by atoms with E-state index in [1.54, 1.807) is 13.8 Å². The molecule has 0 radical (unpaired) electrons. The lowest BCUT2D eigenvalue weighted by molar-refractivity contribution is -0.142. The zero-order chi connectivity index (χ0) is 28.5. The summed E-state index contributed by atoms with van der Waals surface area (Å²) in [6.07, 6.45) is 1.21. The van der Waals surface area contributed by atoms with Crippen LogP contribution in [0.4, 0.5) is 0 Å². The molecular weight excluding hydrogens is 486 g/mol. The number of aliphatic carboxylic acids is 1. The average molecular weight is 530 g/mol. The number of unbranched alkanes of at least 4 members (excludes halogenated alkanes) is 1. The van der Waals surface area contributed by atoms with E-state index >= 15 is 0 Å². The van der Waals surface area contributed by atoms with Crippen LogP contribution in [0.25, 0.3) is 0 Å². The van der Waals surface area contributed by atoms with Gasteiger partial charge in [0, 0.05) is 13.0 Å². The minimum absolute atomic E-state index is 0.0610. The van der Waals surface area contributed by atoms with Crippen molar-refractivity contribution < 1.29 is 29.1 Å². The molecule has 0 aliphatic heterocycles. The number of guanidine groups is 1. The lowest BCUT2D eigenvalue weighted by atomic mass is 10.0. The summed E-state index contributed by atoms with van der Waals surface area (Å²) in [5.41, 5.74) is 27.1. The molecule has 37 heavy (non-hydrogen) atoms. The Kier molecular flexibility index (Phi) is 16.2. The molecule has 0 aliphatic rings. The number of primary amides is 1. The van der Waals surface area contributed by atoms with E-state index in [0.717, 1.165) is 0 Å². The Hall–Kier alpha value is -3.46. The third-order valence-electron chi connectivity index (χ3n) is 5.47. The molecule has 15 heteroatoms. The number of carbonyl (C=O) groups excluding carboxylic acids is 4. The molecule has 15 nitrogen and oxygen atoms in total. The zero-order valence-electron chi connectivity index (χ0n) is 21.6. The summed E-state index contributed by atoms with van der Waals surface area (Å²) in [5.74, 6) is -4.40. The third-order valence-corrected chi connectivity index (χ3v) is 5.47. The Bertz CT molecular complexity index is 802. The van der Waals surface area contributed by atoms with Gasteiger partial charge in [-0.15, -0.1) is 0 Å². The van der Waals surface area contributed by atoms with E-state index < -0.39 is 53.8 Å². The smallest absolute Gasteiger partial charge is 0.326 e. The second-order valence-electron chi connectivity index (χ2n) is 9.03. The van der Waals surface area contributed by atoms with E-state index in [4.69, 9.17) is 28.7 Å². The fourth-order valence-corrected chi connectivity index (χ4v) is 3.19. The summed E-state index contributed by atoms with van der Waals surface area (Å²) < 4.78 is 0. The Balaban J connectivity index is 5.67. The molecule has 0 saturated carbocycles. The number of carbonyl (C=O) groups is 5. The van der Waals surface area contributed by atoms with E-state index in [1.807, 2.05) is 0 Å². The van der Waals surface area contributed by atoms with Gasteiger partial charge in [-0.1, -0.05) is 13.8 Å². The Morgan fingerprint density at radius 3 is 1.78 bits per heavy atom. The molecule has 0 bridgehead atoms. The molecule has 212 valence electrons. The van der Waals surface area contributed by atoms with Crippen LogP contribution in [0.1, 0.15) is 58.8 Å². The molecule has 0 heterocycles. The maximum absolute atomic E-state index is 13.1. The van der Waals surface area contributed by atoms with Crippen LogP contribution in [-0.2, 0) is 24.0 Å². The SMILES string of the molecule is CC(C)C(N)C(=O)NC(CCC(N)=O)C(=O)NC(CCCN=C(N)N)C(=O)NC(CCCCN)C(=O)O. The van der Waals surface area contributed by atoms with Gasteiger partial charge in [-0.2, -0.15) is 0 Å². The molecule has 0 aromatic heterocycles. The van der Waals surface area contributed by atoms with Crippen molar-refractivity contribution in [2.75, 3.05) is 13.1 Å². The highest BCUT2D eigenvalue weighted by Gasteiger charge is 2.30. The van der Waals surface area contributed by atoms with Crippen LogP contribution >= 0.6 is 0 Å². The first-order valence-corrected chi connectivity index (χ1v) is 12.2. The van der Waals surface area contributed by atoms with Crippen LogP contribution in [0.3, 0.4) is 0 Å². The molecule has 0 saturated heterocycles.